The lowest BCUT2D eigenvalue weighted by Crippen LogP contribution is -2.37. The number of aliphatic hydroxyl groups is 1. The molecule has 1 aromatic carbocycles. The number of hydrogen-bond acceptors (Lipinski definition) is 4. The van der Waals surface area contributed by atoms with Crippen LogP contribution in [0, 0.1) is 18.6 Å². The first kappa shape index (κ1) is 17.0. The molecule has 0 radical (unpaired) electrons. The third kappa shape index (κ3) is 3.34. The molecule has 6 nitrogen and oxygen atoms in total. The molecule has 0 aliphatic carbocycles. The van der Waals surface area contributed by atoms with Crippen molar-refractivity contribution in [3.63, 3.8) is 0 Å². The van der Waals surface area contributed by atoms with Crippen LogP contribution in [0.3, 0.4) is 0 Å². The Bertz CT molecular complexity index is 942. The van der Waals surface area contributed by atoms with Crippen molar-refractivity contribution in [2.45, 2.75) is 26.0 Å². The standard InChI is InChI=1S/C17H16F2N4O2/c1-9(16(24)11-3-5-13(18)14(19)7-11)20-17(25)12-4-6-15-22-21-10(2)23(15)8-12/h3-9,16,24H,1-2H3,(H,20,25). The number of pyridine rings is 1. The highest BCUT2D eigenvalue weighted by Crippen LogP contribution is 2.19. The highest BCUT2D eigenvalue weighted by Gasteiger charge is 2.21. The van der Waals surface area contributed by atoms with Gasteiger partial charge in [0, 0.05) is 6.20 Å². The van der Waals surface area contributed by atoms with Gasteiger partial charge < -0.3 is 10.4 Å². The van der Waals surface area contributed by atoms with Crippen molar-refractivity contribution in [1.82, 2.24) is 19.9 Å². The van der Waals surface area contributed by atoms with Crippen LogP contribution in [0.4, 0.5) is 8.78 Å². The first-order chi connectivity index (χ1) is 11.9. The quantitative estimate of drug-likeness (QED) is 0.759. The molecule has 0 saturated carbocycles. The van der Waals surface area contributed by atoms with Gasteiger partial charge in [-0.25, -0.2) is 8.78 Å². The minimum Gasteiger partial charge on any atom is -0.386 e. The molecule has 0 saturated heterocycles. The predicted octanol–water partition coefficient (Wildman–Crippen LogP) is 2.17. The van der Waals surface area contributed by atoms with Crippen LogP contribution in [0.1, 0.15) is 34.8 Å². The Morgan fingerprint density at radius 2 is 1.96 bits per heavy atom. The van der Waals surface area contributed by atoms with E-state index in [9.17, 15) is 18.7 Å². The summed E-state index contributed by atoms with van der Waals surface area (Å²) in [6.07, 6.45) is 0.413. The molecule has 2 atom stereocenters. The number of hydrogen-bond donors (Lipinski definition) is 2. The van der Waals surface area contributed by atoms with Crippen LogP contribution in [0.2, 0.25) is 0 Å². The van der Waals surface area contributed by atoms with Gasteiger partial charge in [-0.2, -0.15) is 0 Å². The molecule has 130 valence electrons. The normalized spacial score (nSPS) is 13.6. The summed E-state index contributed by atoms with van der Waals surface area (Å²) >= 11 is 0. The molecular weight excluding hydrogens is 330 g/mol. The maximum absolute atomic E-state index is 13.3. The van der Waals surface area contributed by atoms with E-state index in [1.54, 1.807) is 36.6 Å². The highest BCUT2D eigenvalue weighted by atomic mass is 19.2. The minimum absolute atomic E-state index is 0.178. The Labute approximate surface area is 142 Å². The van der Waals surface area contributed by atoms with Crippen LogP contribution < -0.4 is 5.32 Å². The van der Waals surface area contributed by atoms with Crippen LogP contribution in [0.25, 0.3) is 5.65 Å². The van der Waals surface area contributed by atoms with E-state index < -0.39 is 29.7 Å². The SMILES string of the molecule is Cc1nnc2ccc(C(=O)NC(C)C(O)c3ccc(F)c(F)c3)cn12. The molecule has 0 aliphatic heterocycles. The van der Waals surface area contributed by atoms with E-state index in [1.807, 2.05) is 0 Å². The number of benzene rings is 1. The first-order valence-electron chi connectivity index (χ1n) is 7.62. The van der Waals surface area contributed by atoms with Crippen molar-refractivity contribution in [3.05, 3.63) is 65.1 Å². The number of rotatable bonds is 4. The van der Waals surface area contributed by atoms with Gasteiger partial charge in [-0.15, -0.1) is 10.2 Å². The number of aryl methyl sites for hydroxylation is 1. The second-order valence-electron chi connectivity index (χ2n) is 5.77. The van der Waals surface area contributed by atoms with Crippen molar-refractivity contribution >= 4 is 11.6 Å². The number of nitrogens with zero attached hydrogens (tertiary/aromatic N) is 3. The first-order valence-corrected chi connectivity index (χ1v) is 7.62. The number of aliphatic hydroxyl groups excluding tert-OH is 1. The van der Waals surface area contributed by atoms with Gasteiger partial charge in [0.25, 0.3) is 5.91 Å². The fourth-order valence-corrected chi connectivity index (χ4v) is 2.49. The minimum atomic E-state index is -1.18. The summed E-state index contributed by atoms with van der Waals surface area (Å²) in [6, 6.07) is 5.66. The van der Waals surface area contributed by atoms with E-state index in [-0.39, 0.29) is 5.56 Å². The molecule has 2 N–H and O–H groups in total. The highest BCUT2D eigenvalue weighted by molar-refractivity contribution is 5.94. The number of carbonyl (C=O) groups excluding carboxylic acids is 1. The molecule has 0 spiro atoms. The summed E-state index contributed by atoms with van der Waals surface area (Å²) < 4.78 is 28.0. The van der Waals surface area contributed by atoms with Crippen molar-refractivity contribution in [1.29, 1.82) is 0 Å². The zero-order chi connectivity index (χ0) is 18.1. The number of aromatic nitrogens is 3. The maximum Gasteiger partial charge on any atom is 0.253 e. The molecule has 3 aromatic rings. The lowest BCUT2D eigenvalue weighted by atomic mass is 10.0. The van der Waals surface area contributed by atoms with E-state index in [2.05, 4.69) is 15.5 Å². The topological polar surface area (TPSA) is 79.5 Å². The Kier molecular flexibility index (Phi) is 4.45. The summed E-state index contributed by atoms with van der Waals surface area (Å²) in [5.41, 5.74) is 1.15. The van der Waals surface area contributed by atoms with Gasteiger partial charge in [0.1, 0.15) is 5.82 Å². The van der Waals surface area contributed by atoms with Gasteiger partial charge in [0.15, 0.2) is 17.3 Å². The molecular formula is C17H16F2N4O2. The van der Waals surface area contributed by atoms with Gasteiger partial charge in [-0.05, 0) is 43.7 Å². The average Bonchev–Trinajstić information content (AvgIpc) is 2.97. The van der Waals surface area contributed by atoms with Crippen molar-refractivity contribution in [2.24, 2.45) is 0 Å². The van der Waals surface area contributed by atoms with Gasteiger partial charge >= 0.3 is 0 Å². The average molecular weight is 346 g/mol. The summed E-state index contributed by atoms with van der Waals surface area (Å²) in [5.74, 6) is -1.82. The van der Waals surface area contributed by atoms with Crippen molar-refractivity contribution in [3.8, 4) is 0 Å². The van der Waals surface area contributed by atoms with E-state index in [0.717, 1.165) is 12.1 Å². The summed E-state index contributed by atoms with van der Waals surface area (Å²) in [6.45, 7) is 3.34. The molecule has 0 aliphatic rings. The van der Waals surface area contributed by atoms with Crippen LogP contribution >= 0.6 is 0 Å². The Hall–Kier alpha value is -2.87. The Morgan fingerprint density at radius 3 is 2.68 bits per heavy atom. The molecule has 3 rings (SSSR count). The molecule has 0 fully saturated rings. The van der Waals surface area contributed by atoms with Gasteiger partial charge in [-0.3, -0.25) is 9.20 Å². The lowest BCUT2D eigenvalue weighted by molar-refractivity contribution is 0.0851. The number of halogens is 2. The fourth-order valence-electron chi connectivity index (χ4n) is 2.49. The van der Waals surface area contributed by atoms with Crippen molar-refractivity contribution < 1.29 is 18.7 Å². The summed E-state index contributed by atoms with van der Waals surface area (Å²) in [4.78, 5) is 12.4. The van der Waals surface area contributed by atoms with E-state index >= 15 is 0 Å². The second-order valence-corrected chi connectivity index (χ2v) is 5.77. The largest absolute Gasteiger partial charge is 0.386 e. The van der Waals surface area contributed by atoms with E-state index in [4.69, 9.17) is 0 Å². The number of amides is 1. The maximum atomic E-state index is 13.3. The second kappa shape index (κ2) is 6.56. The Morgan fingerprint density at radius 1 is 1.20 bits per heavy atom. The lowest BCUT2D eigenvalue weighted by Gasteiger charge is -2.21. The zero-order valence-electron chi connectivity index (χ0n) is 13.6. The van der Waals surface area contributed by atoms with Crippen LogP contribution in [0.15, 0.2) is 36.5 Å². The molecule has 2 aromatic heterocycles. The molecule has 2 heterocycles. The van der Waals surface area contributed by atoms with E-state index in [0.29, 0.717) is 17.0 Å². The monoisotopic (exact) mass is 346 g/mol. The third-order valence-electron chi connectivity index (χ3n) is 3.95. The van der Waals surface area contributed by atoms with Crippen LogP contribution in [0.5, 0.6) is 0 Å². The zero-order valence-corrected chi connectivity index (χ0v) is 13.6. The van der Waals surface area contributed by atoms with Crippen molar-refractivity contribution in [2.75, 3.05) is 0 Å². The third-order valence-corrected chi connectivity index (χ3v) is 3.95. The summed E-state index contributed by atoms with van der Waals surface area (Å²) in [5, 5.41) is 20.8. The molecule has 8 heteroatoms. The smallest absolute Gasteiger partial charge is 0.253 e. The molecule has 25 heavy (non-hydrogen) atoms. The number of carbonyl (C=O) groups is 1. The molecule has 2 unspecified atom stereocenters. The van der Waals surface area contributed by atoms with E-state index in [1.165, 1.54) is 6.07 Å². The van der Waals surface area contributed by atoms with Crippen LogP contribution in [-0.4, -0.2) is 31.7 Å². The predicted molar refractivity (Wildman–Crippen MR) is 86.0 cm³/mol. The fraction of sp³-hybridized carbons (Fsp3) is 0.235. The van der Waals surface area contributed by atoms with Gasteiger partial charge in [0.2, 0.25) is 0 Å². The summed E-state index contributed by atoms with van der Waals surface area (Å²) in [7, 11) is 0. The number of nitrogens with one attached hydrogen (secondary N) is 1. The Balaban J connectivity index is 1.76. The molecule has 0 bridgehead atoms. The molecule has 1 amide bonds. The number of fused-ring (bicyclic) bond motifs is 1. The van der Waals surface area contributed by atoms with Gasteiger partial charge in [0.05, 0.1) is 17.7 Å². The van der Waals surface area contributed by atoms with Gasteiger partial charge in [-0.1, -0.05) is 6.07 Å². The van der Waals surface area contributed by atoms with Crippen LogP contribution in [-0.2, 0) is 0 Å².